The first-order chi connectivity index (χ1) is 8.00. The second-order valence-electron chi connectivity index (χ2n) is 5.65. The number of pyridine rings is 1. The molecule has 1 aliphatic rings. The number of anilines is 1. The monoisotopic (exact) mass is 235 g/mol. The molecule has 1 aliphatic carbocycles. The van der Waals surface area contributed by atoms with Crippen LogP contribution in [0.3, 0.4) is 0 Å². The van der Waals surface area contributed by atoms with Crippen molar-refractivity contribution < 1.29 is 5.11 Å². The van der Waals surface area contributed by atoms with Crippen LogP contribution in [-0.2, 0) is 13.2 Å². The summed E-state index contributed by atoms with van der Waals surface area (Å²) >= 11 is 0. The first kappa shape index (κ1) is 12.3. The summed E-state index contributed by atoms with van der Waals surface area (Å²) in [5.41, 5.74) is 7.84. The van der Waals surface area contributed by atoms with Crippen LogP contribution in [0.5, 0.6) is 0 Å². The van der Waals surface area contributed by atoms with Crippen LogP contribution in [0.25, 0.3) is 0 Å². The van der Waals surface area contributed by atoms with Gasteiger partial charge in [0.25, 0.3) is 0 Å². The predicted molar refractivity (Wildman–Crippen MR) is 68.2 cm³/mol. The predicted octanol–water partition coefficient (Wildman–Crippen LogP) is 1.43. The van der Waals surface area contributed by atoms with E-state index in [9.17, 15) is 5.11 Å². The Morgan fingerprint density at radius 1 is 1.47 bits per heavy atom. The molecule has 0 unspecified atom stereocenters. The largest absolute Gasteiger partial charge is 0.392 e. The van der Waals surface area contributed by atoms with E-state index >= 15 is 0 Å². The zero-order valence-corrected chi connectivity index (χ0v) is 10.5. The van der Waals surface area contributed by atoms with Gasteiger partial charge in [0.1, 0.15) is 5.82 Å². The van der Waals surface area contributed by atoms with E-state index in [-0.39, 0.29) is 6.61 Å². The molecule has 0 spiro atoms. The van der Waals surface area contributed by atoms with Crippen molar-refractivity contribution in [3.63, 3.8) is 0 Å². The smallest absolute Gasteiger partial charge is 0.123 e. The summed E-state index contributed by atoms with van der Waals surface area (Å²) in [7, 11) is 0. The Labute approximate surface area is 102 Å². The Kier molecular flexibility index (Phi) is 3.35. The number of aliphatic hydroxyl groups is 1. The van der Waals surface area contributed by atoms with Gasteiger partial charge >= 0.3 is 0 Å². The van der Waals surface area contributed by atoms with Crippen molar-refractivity contribution in [3.05, 3.63) is 23.4 Å². The van der Waals surface area contributed by atoms with Crippen LogP contribution < -0.4 is 11.1 Å². The molecule has 1 fully saturated rings. The topological polar surface area (TPSA) is 71.2 Å². The molecule has 2 rings (SSSR count). The number of hydrogen-bond donors (Lipinski definition) is 3. The summed E-state index contributed by atoms with van der Waals surface area (Å²) in [6.45, 7) is 5.26. The number of aromatic nitrogens is 1. The standard InChI is InChI=1S/C13H21N3O/c1-13(2)5-10(6-13)15-7-11-9(8-17)3-4-12(14)16-11/h3-4,10,15,17H,5-8H2,1-2H3,(H2,14,16). The number of nitrogens with zero attached hydrogens (tertiary/aromatic N) is 1. The summed E-state index contributed by atoms with van der Waals surface area (Å²) in [6.07, 6.45) is 2.40. The molecule has 0 bridgehead atoms. The molecular formula is C13H21N3O. The lowest BCUT2D eigenvalue weighted by Crippen LogP contribution is -2.45. The minimum atomic E-state index is 0.0143. The Hall–Kier alpha value is -1.13. The fourth-order valence-electron chi connectivity index (χ4n) is 2.50. The van der Waals surface area contributed by atoms with Gasteiger partial charge < -0.3 is 16.2 Å². The van der Waals surface area contributed by atoms with Crippen molar-refractivity contribution >= 4 is 5.82 Å². The summed E-state index contributed by atoms with van der Waals surface area (Å²) in [6, 6.07) is 4.13. The third-order valence-electron chi connectivity index (χ3n) is 3.42. The molecule has 4 nitrogen and oxygen atoms in total. The summed E-state index contributed by atoms with van der Waals surface area (Å²) in [4.78, 5) is 4.27. The molecule has 0 atom stereocenters. The van der Waals surface area contributed by atoms with Crippen molar-refractivity contribution in [3.8, 4) is 0 Å². The normalized spacial score (nSPS) is 19.0. The van der Waals surface area contributed by atoms with Gasteiger partial charge in [-0.25, -0.2) is 4.98 Å². The van der Waals surface area contributed by atoms with E-state index in [1.54, 1.807) is 6.07 Å². The maximum atomic E-state index is 9.22. The molecule has 4 N–H and O–H groups in total. The minimum absolute atomic E-state index is 0.0143. The fourth-order valence-corrected chi connectivity index (χ4v) is 2.50. The molecule has 0 aliphatic heterocycles. The molecule has 4 heteroatoms. The van der Waals surface area contributed by atoms with E-state index in [2.05, 4.69) is 24.1 Å². The van der Waals surface area contributed by atoms with Gasteiger partial charge in [0.05, 0.1) is 12.3 Å². The van der Waals surface area contributed by atoms with Gasteiger partial charge in [0.2, 0.25) is 0 Å². The highest BCUT2D eigenvalue weighted by atomic mass is 16.3. The van der Waals surface area contributed by atoms with Gasteiger partial charge in [0, 0.05) is 18.2 Å². The van der Waals surface area contributed by atoms with E-state index < -0.39 is 0 Å². The molecule has 1 heterocycles. The van der Waals surface area contributed by atoms with Gasteiger partial charge in [0.15, 0.2) is 0 Å². The van der Waals surface area contributed by atoms with Crippen molar-refractivity contribution in [2.24, 2.45) is 5.41 Å². The second kappa shape index (κ2) is 4.63. The molecule has 1 aromatic rings. The van der Waals surface area contributed by atoms with Crippen molar-refractivity contribution in [2.45, 2.75) is 45.9 Å². The molecule has 1 saturated carbocycles. The Morgan fingerprint density at radius 2 is 2.18 bits per heavy atom. The van der Waals surface area contributed by atoms with Gasteiger partial charge in [-0.3, -0.25) is 0 Å². The number of aliphatic hydroxyl groups excluding tert-OH is 1. The number of rotatable bonds is 4. The van der Waals surface area contributed by atoms with E-state index in [1.807, 2.05) is 6.07 Å². The Balaban J connectivity index is 1.92. The first-order valence-electron chi connectivity index (χ1n) is 6.09. The molecule has 0 radical (unpaired) electrons. The lowest BCUT2D eigenvalue weighted by molar-refractivity contribution is 0.125. The average molecular weight is 235 g/mol. The van der Waals surface area contributed by atoms with Gasteiger partial charge in [-0.05, 0) is 24.3 Å². The summed E-state index contributed by atoms with van der Waals surface area (Å²) in [5.74, 6) is 0.507. The highest BCUT2D eigenvalue weighted by molar-refractivity contribution is 5.33. The zero-order valence-electron chi connectivity index (χ0n) is 10.5. The van der Waals surface area contributed by atoms with Crippen LogP contribution in [0.15, 0.2) is 12.1 Å². The van der Waals surface area contributed by atoms with Crippen LogP contribution in [0, 0.1) is 5.41 Å². The summed E-state index contributed by atoms with van der Waals surface area (Å²) < 4.78 is 0. The van der Waals surface area contributed by atoms with E-state index in [4.69, 9.17) is 5.73 Å². The summed E-state index contributed by atoms with van der Waals surface area (Å²) in [5, 5.41) is 12.7. The maximum absolute atomic E-state index is 9.22. The average Bonchev–Trinajstić information content (AvgIpc) is 2.23. The number of nitrogen functional groups attached to an aromatic ring is 1. The molecule has 0 aromatic carbocycles. The zero-order chi connectivity index (χ0) is 12.5. The third kappa shape index (κ3) is 2.96. The van der Waals surface area contributed by atoms with Crippen LogP contribution in [-0.4, -0.2) is 16.1 Å². The number of nitrogens with one attached hydrogen (secondary N) is 1. The van der Waals surface area contributed by atoms with Crippen molar-refractivity contribution in [1.29, 1.82) is 0 Å². The van der Waals surface area contributed by atoms with Crippen LogP contribution in [0.4, 0.5) is 5.82 Å². The molecule has 94 valence electrons. The van der Waals surface area contributed by atoms with Crippen molar-refractivity contribution in [1.82, 2.24) is 10.3 Å². The molecule has 0 saturated heterocycles. The SMILES string of the molecule is CC1(C)CC(NCc2nc(N)ccc2CO)C1. The van der Waals surface area contributed by atoms with E-state index in [0.717, 1.165) is 11.3 Å². The Morgan fingerprint density at radius 3 is 2.76 bits per heavy atom. The van der Waals surface area contributed by atoms with Gasteiger partial charge in [-0.2, -0.15) is 0 Å². The lowest BCUT2D eigenvalue weighted by atomic mass is 9.68. The van der Waals surface area contributed by atoms with E-state index in [1.165, 1.54) is 12.8 Å². The van der Waals surface area contributed by atoms with Crippen molar-refractivity contribution in [2.75, 3.05) is 5.73 Å². The quantitative estimate of drug-likeness (QED) is 0.738. The highest BCUT2D eigenvalue weighted by Crippen LogP contribution is 2.39. The lowest BCUT2D eigenvalue weighted by Gasteiger charge is -2.43. The molecule has 0 amide bonds. The Bertz CT molecular complexity index is 396. The molecule has 1 aromatic heterocycles. The van der Waals surface area contributed by atoms with Gasteiger partial charge in [-0.1, -0.05) is 19.9 Å². The van der Waals surface area contributed by atoms with Gasteiger partial charge in [-0.15, -0.1) is 0 Å². The molecular weight excluding hydrogens is 214 g/mol. The number of hydrogen-bond acceptors (Lipinski definition) is 4. The first-order valence-corrected chi connectivity index (χ1v) is 6.09. The second-order valence-corrected chi connectivity index (χ2v) is 5.65. The fraction of sp³-hybridized carbons (Fsp3) is 0.615. The van der Waals surface area contributed by atoms with Crippen LogP contribution in [0.2, 0.25) is 0 Å². The van der Waals surface area contributed by atoms with Crippen LogP contribution in [0.1, 0.15) is 37.9 Å². The maximum Gasteiger partial charge on any atom is 0.123 e. The highest BCUT2D eigenvalue weighted by Gasteiger charge is 2.35. The van der Waals surface area contributed by atoms with E-state index in [0.29, 0.717) is 23.8 Å². The minimum Gasteiger partial charge on any atom is -0.392 e. The number of nitrogens with two attached hydrogens (primary N) is 1. The third-order valence-corrected chi connectivity index (χ3v) is 3.42. The van der Waals surface area contributed by atoms with Crippen LogP contribution >= 0.6 is 0 Å². The molecule has 17 heavy (non-hydrogen) atoms.